The van der Waals surface area contributed by atoms with Crippen LogP contribution in [0.3, 0.4) is 0 Å². The number of carbonyl (C=O) groups excluding carboxylic acids is 1. The second kappa shape index (κ2) is 7.78. The van der Waals surface area contributed by atoms with Gasteiger partial charge in [0.25, 0.3) is 5.91 Å². The molecule has 0 aliphatic heterocycles. The number of halogens is 3. The zero-order chi connectivity index (χ0) is 21.1. The van der Waals surface area contributed by atoms with E-state index in [1.165, 1.54) is 30.7 Å². The third kappa shape index (κ3) is 4.04. The van der Waals surface area contributed by atoms with E-state index in [4.69, 9.17) is 0 Å². The Balaban J connectivity index is 1.64. The van der Waals surface area contributed by atoms with Gasteiger partial charge in [-0.1, -0.05) is 18.2 Å². The first kappa shape index (κ1) is 19.3. The molecule has 0 bridgehead atoms. The molecule has 3 heterocycles. The molecule has 150 valence electrons. The molecule has 1 aromatic carbocycles. The Morgan fingerprint density at radius 1 is 0.967 bits per heavy atom. The first-order valence-corrected chi connectivity index (χ1v) is 8.82. The molecule has 9 heteroatoms. The van der Waals surface area contributed by atoms with Crippen molar-refractivity contribution in [3.63, 3.8) is 0 Å². The van der Waals surface area contributed by atoms with Crippen molar-refractivity contribution < 1.29 is 18.0 Å². The monoisotopic (exact) mass is 409 g/mol. The highest BCUT2D eigenvalue weighted by Gasteiger charge is 2.36. The van der Waals surface area contributed by atoms with Gasteiger partial charge < -0.3 is 5.32 Å². The van der Waals surface area contributed by atoms with E-state index >= 15 is 0 Å². The van der Waals surface area contributed by atoms with Gasteiger partial charge in [0.2, 0.25) is 0 Å². The Kier molecular flexibility index (Phi) is 5.01. The van der Waals surface area contributed by atoms with E-state index in [-0.39, 0.29) is 23.1 Å². The smallest absolute Gasteiger partial charge is 0.307 e. The quantitative estimate of drug-likeness (QED) is 0.535. The van der Waals surface area contributed by atoms with Crippen molar-refractivity contribution in [3.05, 3.63) is 90.5 Å². The highest BCUT2D eigenvalue weighted by molar-refractivity contribution is 6.03. The van der Waals surface area contributed by atoms with Crippen molar-refractivity contribution in [2.24, 2.45) is 0 Å². The SMILES string of the molecule is O=C(Nc1ccc(-n2nc(-c3cccnc3)cc2C(F)(F)F)cn1)c1ccccc1. The Bertz CT molecular complexity index is 1160. The molecule has 0 radical (unpaired) electrons. The fraction of sp³-hybridized carbons (Fsp3) is 0.0476. The highest BCUT2D eigenvalue weighted by atomic mass is 19.4. The maximum absolute atomic E-state index is 13.5. The topological polar surface area (TPSA) is 72.7 Å². The lowest BCUT2D eigenvalue weighted by atomic mass is 10.2. The van der Waals surface area contributed by atoms with Crippen molar-refractivity contribution in [1.29, 1.82) is 0 Å². The molecule has 0 spiro atoms. The van der Waals surface area contributed by atoms with Crippen molar-refractivity contribution in [3.8, 4) is 16.9 Å². The van der Waals surface area contributed by atoms with Crippen LogP contribution < -0.4 is 5.32 Å². The van der Waals surface area contributed by atoms with E-state index in [1.54, 1.807) is 42.5 Å². The summed E-state index contributed by atoms with van der Waals surface area (Å²) >= 11 is 0. The summed E-state index contributed by atoms with van der Waals surface area (Å²) in [4.78, 5) is 20.2. The van der Waals surface area contributed by atoms with Gasteiger partial charge in [-0.25, -0.2) is 9.67 Å². The lowest BCUT2D eigenvalue weighted by molar-refractivity contribution is -0.142. The van der Waals surface area contributed by atoms with Crippen LogP contribution in [0.2, 0.25) is 0 Å². The molecule has 4 rings (SSSR count). The van der Waals surface area contributed by atoms with Crippen LogP contribution in [-0.2, 0) is 6.18 Å². The number of anilines is 1. The molecule has 0 aliphatic carbocycles. The van der Waals surface area contributed by atoms with Crippen LogP contribution in [-0.4, -0.2) is 25.7 Å². The Labute approximate surface area is 169 Å². The lowest BCUT2D eigenvalue weighted by Crippen LogP contribution is -2.14. The van der Waals surface area contributed by atoms with E-state index in [9.17, 15) is 18.0 Å². The molecule has 4 aromatic rings. The van der Waals surface area contributed by atoms with Gasteiger partial charge in [0.05, 0.1) is 17.6 Å². The standard InChI is InChI=1S/C21H14F3N5O/c22-21(23,24)18-11-17(15-7-4-10-25-12-15)28-29(18)16-8-9-19(26-13-16)27-20(30)14-5-2-1-3-6-14/h1-13H,(H,26,27,30). The maximum atomic E-state index is 13.5. The summed E-state index contributed by atoms with van der Waals surface area (Å²) in [5.41, 5.74) is 0.202. The van der Waals surface area contributed by atoms with E-state index in [1.807, 2.05) is 0 Å². The summed E-state index contributed by atoms with van der Waals surface area (Å²) in [6.45, 7) is 0. The number of hydrogen-bond donors (Lipinski definition) is 1. The van der Waals surface area contributed by atoms with Crippen molar-refractivity contribution in [2.45, 2.75) is 6.18 Å². The zero-order valence-electron chi connectivity index (χ0n) is 15.3. The van der Waals surface area contributed by atoms with Crippen molar-refractivity contribution in [2.75, 3.05) is 5.32 Å². The maximum Gasteiger partial charge on any atom is 0.433 e. The van der Waals surface area contributed by atoms with Crippen LogP contribution in [0.15, 0.2) is 79.3 Å². The van der Waals surface area contributed by atoms with Gasteiger partial charge in [-0.2, -0.15) is 18.3 Å². The molecule has 0 atom stereocenters. The molecule has 0 unspecified atom stereocenters. The van der Waals surface area contributed by atoms with Crippen LogP contribution in [0.25, 0.3) is 16.9 Å². The molecule has 1 amide bonds. The number of benzene rings is 1. The van der Waals surface area contributed by atoms with Gasteiger partial charge in [-0.15, -0.1) is 0 Å². The molecule has 0 aliphatic rings. The summed E-state index contributed by atoms with van der Waals surface area (Å²) in [5.74, 6) is -0.161. The number of alkyl halides is 3. The normalized spacial score (nSPS) is 11.3. The number of rotatable bonds is 4. The summed E-state index contributed by atoms with van der Waals surface area (Å²) in [6.07, 6.45) is -0.436. The number of amides is 1. The van der Waals surface area contributed by atoms with E-state index in [2.05, 4.69) is 20.4 Å². The fourth-order valence-corrected chi connectivity index (χ4v) is 2.80. The number of aromatic nitrogens is 4. The summed E-state index contributed by atoms with van der Waals surface area (Å²) < 4.78 is 41.4. The Hall–Kier alpha value is -4.01. The third-order valence-electron chi connectivity index (χ3n) is 4.23. The summed E-state index contributed by atoms with van der Waals surface area (Å²) in [7, 11) is 0. The van der Waals surface area contributed by atoms with Crippen molar-refractivity contribution in [1.82, 2.24) is 19.7 Å². The molecule has 30 heavy (non-hydrogen) atoms. The van der Waals surface area contributed by atoms with E-state index < -0.39 is 11.9 Å². The first-order chi connectivity index (χ1) is 14.4. The second-order valence-corrected chi connectivity index (χ2v) is 6.29. The molecular formula is C21H14F3N5O. The minimum Gasteiger partial charge on any atom is -0.307 e. The molecule has 6 nitrogen and oxygen atoms in total. The van der Waals surface area contributed by atoms with Crippen LogP contribution in [0.4, 0.5) is 19.0 Å². The zero-order valence-corrected chi connectivity index (χ0v) is 15.3. The van der Waals surface area contributed by atoms with Gasteiger partial charge in [0.15, 0.2) is 0 Å². The Morgan fingerprint density at radius 2 is 1.77 bits per heavy atom. The molecular weight excluding hydrogens is 395 g/mol. The number of nitrogens with one attached hydrogen (secondary N) is 1. The van der Waals surface area contributed by atoms with Gasteiger partial charge in [0.1, 0.15) is 11.5 Å². The second-order valence-electron chi connectivity index (χ2n) is 6.29. The lowest BCUT2D eigenvalue weighted by Gasteiger charge is -2.10. The van der Waals surface area contributed by atoms with Crippen LogP contribution in [0, 0.1) is 0 Å². The van der Waals surface area contributed by atoms with Crippen LogP contribution in [0.5, 0.6) is 0 Å². The average Bonchev–Trinajstić information content (AvgIpc) is 3.22. The predicted molar refractivity (Wildman–Crippen MR) is 104 cm³/mol. The number of nitrogens with zero attached hydrogens (tertiary/aromatic N) is 4. The molecule has 0 fully saturated rings. The molecule has 1 N–H and O–H groups in total. The third-order valence-corrected chi connectivity index (χ3v) is 4.23. The summed E-state index contributed by atoms with van der Waals surface area (Å²) in [6, 6.07) is 15.5. The molecule has 3 aromatic heterocycles. The molecule has 0 saturated carbocycles. The van der Waals surface area contributed by atoms with Crippen molar-refractivity contribution >= 4 is 11.7 Å². The molecule has 0 saturated heterocycles. The average molecular weight is 409 g/mol. The Morgan fingerprint density at radius 3 is 2.40 bits per heavy atom. The van der Waals surface area contributed by atoms with E-state index in [0.29, 0.717) is 11.1 Å². The van der Waals surface area contributed by atoms with Crippen LogP contribution in [0.1, 0.15) is 16.1 Å². The largest absolute Gasteiger partial charge is 0.433 e. The number of carbonyl (C=O) groups is 1. The van der Waals surface area contributed by atoms with Gasteiger partial charge in [-0.05, 0) is 42.5 Å². The minimum absolute atomic E-state index is 0.107. The predicted octanol–water partition coefficient (Wildman–Crippen LogP) is 4.60. The van der Waals surface area contributed by atoms with Crippen LogP contribution >= 0.6 is 0 Å². The number of hydrogen-bond acceptors (Lipinski definition) is 4. The highest BCUT2D eigenvalue weighted by Crippen LogP contribution is 2.33. The van der Waals surface area contributed by atoms with Gasteiger partial charge in [-0.3, -0.25) is 9.78 Å². The summed E-state index contributed by atoms with van der Waals surface area (Å²) in [5, 5.41) is 6.69. The first-order valence-electron chi connectivity index (χ1n) is 8.82. The van der Waals surface area contributed by atoms with Gasteiger partial charge in [0, 0.05) is 23.5 Å². The number of pyridine rings is 2. The van der Waals surface area contributed by atoms with E-state index in [0.717, 1.165) is 10.7 Å². The minimum atomic E-state index is -4.62. The van der Waals surface area contributed by atoms with Gasteiger partial charge >= 0.3 is 6.18 Å². The fourth-order valence-electron chi connectivity index (χ4n) is 2.80.